The molecule has 0 amide bonds. The topological polar surface area (TPSA) is 46.5 Å². The fourth-order valence-electron chi connectivity index (χ4n) is 2.74. The molecule has 1 aliphatic heterocycles. The van der Waals surface area contributed by atoms with Crippen molar-refractivity contribution in [2.24, 2.45) is 0 Å². The smallest absolute Gasteiger partial charge is 0.416 e. The van der Waals surface area contributed by atoms with Gasteiger partial charge >= 0.3 is 12.1 Å². The predicted octanol–water partition coefficient (Wildman–Crippen LogP) is 4.10. The Morgan fingerprint density at radius 1 is 1.38 bits per heavy atom. The minimum absolute atomic E-state index is 0.0129. The zero-order valence-corrected chi connectivity index (χ0v) is 11.6. The number of rotatable bonds is 4. The molecule has 1 aliphatic rings. The van der Waals surface area contributed by atoms with Crippen LogP contribution in [0.4, 0.5) is 13.2 Å². The van der Waals surface area contributed by atoms with Crippen LogP contribution in [0.15, 0.2) is 18.2 Å². The van der Waals surface area contributed by atoms with Crippen LogP contribution < -0.4 is 0 Å². The average molecular weight is 302 g/mol. The van der Waals surface area contributed by atoms with Crippen molar-refractivity contribution in [3.05, 3.63) is 34.9 Å². The molecule has 0 aromatic heterocycles. The lowest BCUT2D eigenvalue weighted by molar-refractivity contribution is -0.139. The largest absolute Gasteiger partial charge is 0.481 e. The van der Waals surface area contributed by atoms with Gasteiger partial charge in [-0.25, -0.2) is 0 Å². The molecule has 3 nitrogen and oxygen atoms in total. The van der Waals surface area contributed by atoms with Gasteiger partial charge < -0.3 is 9.84 Å². The van der Waals surface area contributed by atoms with Crippen molar-refractivity contribution in [1.29, 1.82) is 0 Å². The highest BCUT2D eigenvalue weighted by Gasteiger charge is 2.35. The third kappa shape index (κ3) is 3.75. The van der Waals surface area contributed by atoms with Crippen molar-refractivity contribution in [3.8, 4) is 0 Å². The molecule has 2 unspecified atom stereocenters. The summed E-state index contributed by atoms with van der Waals surface area (Å²) in [5, 5.41) is 8.65. The maximum Gasteiger partial charge on any atom is 0.416 e. The number of carbonyl (C=O) groups is 1. The van der Waals surface area contributed by atoms with Crippen molar-refractivity contribution in [3.63, 3.8) is 0 Å². The van der Waals surface area contributed by atoms with E-state index in [0.717, 1.165) is 6.07 Å². The molecule has 0 bridgehead atoms. The van der Waals surface area contributed by atoms with Crippen LogP contribution >= 0.6 is 0 Å². The number of hydrogen-bond donors (Lipinski definition) is 1. The van der Waals surface area contributed by atoms with Gasteiger partial charge in [-0.2, -0.15) is 13.2 Å². The maximum atomic E-state index is 12.9. The first kappa shape index (κ1) is 15.8. The monoisotopic (exact) mass is 302 g/mol. The first-order chi connectivity index (χ1) is 9.79. The zero-order chi connectivity index (χ0) is 15.6. The Hall–Kier alpha value is -1.56. The summed E-state index contributed by atoms with van der Waals surface area (Å²) in [6.45, 7) is 1.45. The van der Waals surface area contributed by atoms with Crippen LogP contribution in [0.3, 0.4) is 0 Å². The van der Waals surface area contributed by atoms with Crippen LogP contribution in [-0.2, 0) is 15.7 Å². The number of ether oxygens (including phenoxy) is 1. The lowest BCUT2D eigenvalue weighted by Crippen LogP contribution is -2.12. The van der Waals surface area contributed by atoms with Crippen LogP contribution in [0, 0.1) is 6.92 Å². The molecule has 116 valence electrons. The van der Waals surface area contributed by atoms with Crippen molar-refractivity contribution >= 4 is 5.97 Å². The summed E-state index contributed by atoms with van der Waals surface area (Å²) < 4.78 is 44.4. The number of benzene rings is 1. The summed E-state index contributed by atoms with van der Waals surface area (Å²) in [5.74, 6) is -0.891. The minimum atomic E-state index is -4.37. The molecule has 1 aromatic carbocycles. The Bertz CT molecular complexity index is 525. The van der Waals surface area contributed by atoms with Gasteiger partial charge in [0.05, 0.1) is 17.8 Å². The molecule has 0 radical (unpaired) electrons. The van der Waals surface area contributed by atoms with E-state index < -0.39 is 17.7 Å². The lowest BCUT2D eigenvalue weighted by atomic mass is 9.96. The van der Waals surface area contributed by atoms with Gasteiger partial charge in [-0.3, -0.25) is 4.79 Å². The number of carboxylic acids is 1. The van der Waals surface area contributed by atoms with Gasteiger partial charge in [-0.1, -0.05) is 12.1 Å². The minimum Gasteiger partial charge on any atom is -0.481 e. The number of hydrogen-bond acceptors (Lipinski definition) is 2. The highest BCUT2D eigenvalue weighted by molar-refractivity contribution is 5.66. The lowest BCUT2D eigenvalue weighted by Gasteiger charge is -2.19. The van der Waals surface area contributed by atoms with Crippen molar-refractivity contribution < 1.29 is 27.8 Å². The number of alkyl halides is 3. The second kappa shape index (κ2) is 6.05. The maximum absolute atomic E-state index is 12.9. The predicted molar refractivity (Wildman–Crippen MR) is 69.9 cm³/mol. The highest BCUT2D eigenvalue weighted by Crippen LogP contribution is 2.40. The van der Waals surface area contributed by atoms with Gasteiger partial charge in [-0.05, 0) is 43.4 Å². The SMILES string of the molecule is Cc1c(C2CCC(CCC(=O)O)O2)cccc1C(F)(F)F. The molecule has 0 spiro atoms. The Morgan fingerprint density at radius 2 is 2.10 bits per heavy atom. The normalized spacial score (nSPS) is 22.5. The van der Waals surface area contributed by atoms with Gasteiger partial charge in [0.2, 0.25) is 0 Å². The fraction of sp³-hybridized carbons (Fsp3) is 0.533. The summed E-state index contributed by atoms with van der Waals surface area (Å²) in [6, 6.07) is 4.10. The Labute approximate surface area is 120 Å². The molecule has 21 heavy (non-hydrogen) atoms. The molecule has 0 aliphatic carbocycles. The summed E-state index contributed by atoms with van der Waals surface area (Å²) in [7, 11) is 0. The van der Waals surface area contributed by atoms with E-state index >= 15 is 0 Å². The molecule has 1 fully saturated rings. The second-order valence-electron chi connectivity index (χ2n) is 5.27. The number of aliphatic carboxylic acids is 1. The van der Waals surface area contributed by atoms with Crippen molar-refractivity contribution in [2.75, 3.05) is 0 Å². The van der Waals surface area contributed by atoms with Crippen LogP contribution in [-0.4, -0.2) is 17.2 Å². The molecule has 1 aromatic rings. The van der Waals surface area contributed by atoms with Gasteiger partial charge in [0, 0.05) is 6.42 Å². The molecule has 2 rings (SSSR count). The van der Waals surface area contributed by atoms with E-state index in [1.165, 1.54) is 13.0 Å². The van der Waals surface area contributed by atoms with Crippen molar-refractivity contribution in [1.82, 2.24) is 0 Å². The van der Waals surface area contributed by atoms with E-state index in [1.807, 2.05) is 0 Å². The standard InChI is InChI=1S/C15H17F3O3/c1-9-11(3-2-4-12(9)15(16,17)18)13-7-5-10(21-13)6-8-14(19)20/h2-4,10,13H,5-8H2,1H3,(H,19,20). The number of carboxylic acid groups (broad SMARTS) is 1. The van der Waals surface area contributed by atoms with Crippen LogP contribution in [0.5, 0.6) is 0 Å². The molecule has 1 N–H and O–H groups in total. The van der Waals surface area contributed by atoms with Crippen LogP contribution in [0.2, 0.25) is 0 Å². The fourth-order valence-corrected chi connectivity index (χ4v) is 2.74. The van der Waals surface area contributed by atoms with Gasteiger partial charge in [0.15, 0.2) is 0 Å². The Kier molecular flexibility index (Phi) is 4.56. The highest BCUT2D eigenvalue weighted by atomic mass is 19.4. The summed E-state index contributed by atoms with van der Waals surface area (Å²) in [5.41, 5.74) is 0.0918. The zero-order valence-electron chi connectivity index (χ0n) is 11.6. The molecular weight excluding hydrogens is 285 g/mol. The first-order valence-corrected chi connectivity index (χ1v) is 6.83. The third-order valence-corrected chi connectivity index (χ3v) is 3.82. The molecule has 6 heteroatoms. The van der Waals surface area contributed by atoms with E-state index in [0.29, 0.717) is 24.8 Å². The van der Waals surface area contributed by atoms with Crippen molar-refractivity contribution in [2.45, 2.75) is 51.0 Å². The summed E-state index contributed by atoms with van der Waals surface area (Å²) in [4.78, 5) is 10.5. The molecule has 1 saturated heterocycles. The van der Waals surface area contributed by atoms with E-state index in [4.69, 9.17) is 9.84 Å². The van der Waals surface area contributed by atoms with E-state index in [-0.39, 0.29) is 24.2 Å². The van der Waals surface area contributed by atoms with Crippen LogP contribution in [0.1, 0.15) is 48.5 Å². The van der Waals surface area contributed by atoms with Gasteiger partial charge in [0.1, 0.15) is 0 Å². The van der Waals surface area contributed by atoms with Gasteiger partial charge in [-0.15, -0.1) is 0 Å². The molecule has 2 atom stereocenters. The summed E-state index contributed by atoms with van der Waals surface area (Å²) >= 11 is 0. The molecule has 1 heterocycles. The first-order valence-electron chi connectivity index (χ1n) is 6.83. The quantitative estimate of drug-likeness (QED) is 0.911. The molecule has 0 saturated carbocycles. The Morgan fingerprint density at radius 3 is 2.71 bits per heavy atom. The number of halogens is 3. The van der Waals surface area contributed by atoms with Crippen LogP contribution in [0.25, 0.3) is 0 Å². The van der Waals surface area contributed by atoms with E-state index in [9.17, 15) is 18.0 Å². The average Bonchev–Trinajstić information content (AvgIpc) is 2.83. The van der Waals surface area contributed by atoms with E-state index in [1.54, 1.807) is 6.07 Å². The molecular formula is C15H17F3O3. The van der Waals surface area contributed by atoms with Gasteiger partial charge in [0.25, 0.3) is 0 Å². The third-order valence-electron chi connectivity index (χ3n) is 3.82. The van der Waals surface area contributed by atoms with E-state index in [2.05, 4.69) is 0 Å². The summed E-state index contributed by atoms with van der Waals surface area (Å²) in [6.07, 6.45) is -3.25. The second-order valence-corrected chi connectivity index (χ2v) is 5.27. The Balaban J connectivity index is 2.12.